The molecule has 1 aromatic carbocycles. The molecule has 1 aliphatic heterocycles. The van der Waals surface area contributed by atoms with Gasteiger partial charge in [-0.05, 0) is 30.5 Å². The maximum Gasteiger partial charge on any atom is 0.573 e. The minimum atomic E-state index is -4.98. The Labute approximate surface area is 195 Å². The van der Waals surface area contributed by atoms with Crippen LogP contribution >= 0.6 is 11.3 Å². The number of thiazole rings is 1. The number of anilines is 1. The third-order valence-corrected chi connectivity index (χ3v) is 6.59. The van der Waals surface area contributed by atoms with Crippen LogP contribution in [0.3, 0.4) is 0 Å². The molecule has 1 aliphatic carbocycles. The highest BCUT2D eigenvalue weighted by Gasteiger charge is 2.32. The molecule has 180 valence electrons. The van der Waals surface area contributed by atoms with Gasteiger partial charge in [0.2, 0.25) is 5.91 Å². The summed E-state index contributed by atoms with van der Waals surface area (Å²) in [6.45, 7) is 1.56. The summed E-state index contributed by atoms with van der Waals surface area (Å²) in [5, 5.41) is 6.60. The third kappa shape index (κ3) is 5.20. The highest BCUT2D eigenvalue weighted by Crippen LogP contribution is 2.39. The van der Waals surface area contributed by atoms with Crippen molar-refractivity contribution < 1.29 is 27.1 Å². The molecule has 1 saturated heterocycles. The summed E-state index contributed by atoms with van der Waals surface area (Å²) in [5.74, 6) is -1.12. The number of carbonyl (C=O) groups is 1. The van der Waals surface area contributed by atoms with Gasteiger partial charge in [0, 0.05) is 32.1 Å². The first-order valence-electron chi connectivity index (χ1n) is 10.7. The Hall–Kier alpha value is -3.06. The standard InChI is InChI=1S/C21H20F4N6O2S/c22-13-7-11(1-4-15(13)33-21(23,24)25)8-28-19(32)14-10-31(6-5-26-14)20-30-18-16(34-20)9-27-17(29-18)12-2-3-12/h1,4,7,9,12,14,26H,2-3,5-6,8,10H2,(H,28,32)/t14-/m1/s1. The number of alkyl halides is 3. The summed E-state index contributed by atoms with van der Waals surface area (Å²) in [6, 6.07) is 2.52. The summed E-state index contributed by atoms with van der Waals surface area (Å²) in [7, 11) is 0. The van der Waals surface area contributed by atoms with Crippen molar-refractivity contribution in [3.05, 3.63) is 41.6 Å². The summed E-state index contributed by atoms with van der Waals surface area (Å²) >= 11 is 1.47. The van der Waals surface area contributed by atoms with Crippen LogP contribution in [0, 0.1) is 5.82 Å². The highest BCUT2D eigenvalue weighted by atomic mass is 32.1. The van der Waals surface area contributed by atoms with Crippen LogP contribution in [0.1, 0.15) is 30.1 Å². The average Bonchev–Trinajstić information content (AvgIpc) is 3.56. The van der Waals surface area contributed by atoms with E-state index in [0.717, 1.165) is 40.6 Å². The predicted molar refractivity (Wildman–Crippen MR) is 116 cm³/mol. The zero-order valence-electron chi connectivity index (χ0n) is 17.7. The first-order valence-corrected chi connectivity index (χ1v) is 11.5. The molecule has 1 atom stereocenters. The van der Waals surface area contributed by atoms with E-state index >= 15 is 0 Å². The maximum absolute atomic E-state index is 13.9. The Kier molecular flexibility index (Phi) is 5.98. The van der Waals surface area contributed by atoms with Crippen molar-refractivity contribution in [2.45, 2.75) is 37.7 Å². The molecule has 1 saturated carbocycles. The lowest BCUT2D eigenvalue weighted by atomic mass is 10.1. The van der Waals surface area contributed by atoms with Crippen molar-refractivity contribution in [1.82, 2.24) is 25.6 Å². The first-order chi connectivity index (χ1) is 16.2. The maximum atomic E-state index is 13.9. The van der Waals surface area contributed by atoms with Gasteiger partial charge in [-0.2, -0.15) is 4.98 Å². The molecule has 2 N–H and O–H groups in total. The zero-order valence-corrected chi connectivity index (χ0v) is 18.5. The molecular formula is C21H20F4N6O2S. The van der Waals surface area contributed by atoms with E-state index in [1.807, 2.05) is 4.90 Å². The van der Waals surface area contributed by atoms with Gasteiger partial charge >= 0.3 is 6.36 Å². The molecule has 1 amide bonds. The first kappa shape index (κ1) is 22.7. The fraction of sp³-hybridized carbons (Fsp3) is 0.429. The van der Waals surface area contributed by atoms with Crippen molar-refractivity contribution in [2.75, 3.05) is 24.5 Å². The van der Waals surface area contributed by atoms with Crippen LogP contribution in [0.25, 0.3) is 10.3 Å². The predicted octanol–water partition coefficient (Wildman–Crippen LogP) is 3.10. The zero-order chi connectivity index (χ0) is 23.9. The number of fused-ring (bicyclic) bond motifs is 1. The number of nitrogens with one attached hydrogen (secondary N) is 2. The van der Waals surface area contributed by atoms with E-state index in [1.54, 1.807) is 6.20 Å². The molecule has 2 aliphatic rings. The van der Waals surface area contributed by atoms with Gasteiger partial charge in [0.1, 0.15) is 11.9 Å². The fourth-order valence-electron chi connectivity index (χ4n) is 3.69. The van der Waals surface area contributed by atoms with E-state index < -0.39 is 24.0 Å². The molecule has 0 spiro atoms. The Morgan fingerprint density at radius 2 is 2.12 bits per heavy atom. The van der Waals surface area contributed by atoms with Gasteiger partial charge in [-0.3, -0.25) is 4.79 Å². The molecule has 2 aromatic heterocycles. The molecule has 8 nitrogen and oxygen atoms in total. The third-order valence-electron chi connectivity index (χ3n) is 5.55. The summed E-state index contributed by atoms with van der Waals surface area (Å²) in [5.41, 5.74) is 0.973. The molecule has 3 heterocycles. The number of carbonyl (C=O) groups excluding carboxylic acids is 1. The number of hydrogen-bond acceptors (Lipinski definition) is 8. The smallest absolute Gasteiger partial charge is 0.403 e. The monoisotopic (exact) mass is 496 g/mol. The number of benzene rings is 1. The van der Waals surface area contributed by atoms with Crippen molar-refractivity contribution in [3.8, 4) is 5.75 Å². The SMILES string of the molecule is O=C(NCc1ccc(OC(F)(F)F)c(F)c1)[C@H]1CN(c2nc3nc(C4CC4)ncc3s2)CCN1. The van der Waals surface area contributed by atoms with Crippen LogP contribution in [0.4, 0.5) is 22.7 Å². The lowest BCUT2D eigenvalue weighted by Gasteiger charge is -2.32. The van der Waals surface area contributed by atoms with Gasteiger partial charge in [-0.1, -0.05) is 17.4 Å². The number of halogens is 4. The second kappa shape index (κ2) is 8.95. The molecule has 2 fully saturated rings. The molecule has 3 aromatic rings. The van der Waals surface area contributed by atoms with E-state index in [0.29, 0.717) is 36.8 Å². The van der Waals surface area contributed by atoms with Gasteiger partial charge in [0.25, 0.3) is 0 Å². The topological polar surface area (TPSA) is 92.3 Å². The number of amides is 1. The van der Waals surface area contributed by atoms with Crippen molar-refractivity contribution in [2.24, 2.45) is 0 Å². The van der Waals surface area contributed by atoms with Gasteiger partial charge in [0.05, 0.1) is 10.9 Å². The number of piperazine rings is 1. The normalized spacial score (nSPS) is 18.8. The fourth-order valence-corrected chi connectivity index (χ4v) is 4.60. The summed E-state index contributed by atoms with van der Waals surface area (Å²) < 4.78 is 55.2. The van der Waals surface area contributed by atoms with E-state index in [-0.39, 0.29) is 12.5 Å². The van der Waals surface area contributed by atoms with Crippen LogP contribution in [0.5, 0.6) is 5.75 Å². The minimum absolute atomic E-state index is 0.0408. The van der Waals surface area contributed by atoms with Gasteiger partial charge in [-0.15, -0.1) is 13.2 Å². The second-order valence-electron chi connectivity index (χ2n) is 8.17. The van der Waals surface area contributed by atoms with Gasteiger partial charge < -0.3 is 20.3 Å². The van der Waals surface area contributed by atoms with Crippen molar-refractivity contribution in [3.63, 3.8) is 0 Å². The van der Waals surface area contributed by atoms with Gasteiger partial charge in [-0.25, -0.2) is 14.4 Å². The van der Waals surface area contributed by atoms with Crippen LogP contribution in [-0.2, 0) is 11.3 Å². The second-order valence-corrected chi connectivity index (χ2v) is 9.18. The number of aromatic nitrogens is 3. The van der Waals surface area contributed by atoms with Crippen molar-refractivity contribution in [1.29, 1.82) is 0 Å². The highest BCUT2D eigenvalue weighted by molar-refractivity contribution is 7.22. The lowest BCUT2D eigenvalue weighted by molar-refractivity contribution is -0.275. The minimum Gasteiger partial charge on any atom is -0.403 e. The van der Waals surface area contributed by atoms with Crippen LogP contribution < -0.4 is 20.3 Å². The molecule has 34 heavy (non-hydrogen) atoms. The Morgan fingerprint density at radius 3 is 2.85 bits per heavy atom. The molecule has 0 bridgehead atoms. The Bertz CT molecular complexity index is 1220. The van der Waals surface area contributed by atoms with Gasteiger partial charge in [0.15, 0.2) is 22.3 Å². The Balaban J connectivity index is 1.20. The van der Waals surface area contributed by atoms with E-state index in [2.05, 4.69) is 30.3 Å². The molecule has 5 rings (SSSR count). The average molecular weight is 496 g/mol. The molecule has 13 heteroatoms. The number of ether oxygens (including phenoxy) is 1. The van der Waals surface area contributed by atoms with Crippen LogP contribution in [0.2, 0.25) is 0 Å². The van der Waals surface area contributed by atoms with E-state index in [4.69, 9.17) is 0 Å². The molecular weight excluding hydrogens is 476 g/mol. The van der Waals surface area contributed by atoms with E-state index in [9.17, 15) is 22.4 Å². The van der Waals surface area contributed by atoms with Crippen LogP contribution in [0.15, 0.2) is 24.4 Å². The number of nitrogens with zero attached hydrogens (tertiary/aromatic N) is 4. The number of hydrogen-bond donors (Lipinski definition) is 2. The quantitative estimate of drug-likeness (QED) is 0.507. The number of rotatable bonds is 6. The van der Waals surface area contributed by atoms with E-state index in [1.165, 1.54) is 17.4 Å². The molecule has 0 radical (unpaired) electrons. The van der Waals surface area contributed by atoms with Crippen LogP contribution in [-0.4, -0.2) is 52.9 Å². The molecule has 0 unspecified atom stereocenters. The lowest BCUT2D eigenvalue weighted by Crippen LogP contribution is -2.57. The summed E-state index contributed by atoms with van der Waals surface area (Å²) in [4.78, 5) is 28.3. The largest absolute Gasteiger partial charge is 0.573 e. The Morgan fingerprint density at radius 1 is 1.29 bits per heavy atom. The van der Waals surface area contributed by atoms with Crippen molar-refractivity contribution >= 4 is 32.7 Å². The summed E-state index contributed by atoms with van der Waals surface area (Å²) in [6.07, 6.45) is -0.970.